The predicted octanol–water partition coefficient (Wildman–Crippen LogP) is 1.90. The molecule has 106 valence electrons. The second kappa shape index (κ2) is 6.68. The predicted molar refractivity (Wildman–Crippen MR) is 75.4 cm³/mol. The van der Waals surface area contributed by atoms with Crippen molar-refractivity contribution < 1.29 is 13.2 Å². The fourth-order valence-corrected chi connectivity index (χ4v) is 5.09. The molecule has 3 atom stereocenters. The van der Waals surface area contributed by atoms with Crippen molar-refractivity contribution >= 4 is 26.0 Å². The summed E-state index contributed by atoms with van der Waals surface area (Å²) in [5.74, 6) is 1.23. The Morgan fingerprint density at radius 1 is 1.17 bits per heavy atom. The monoisotopic (exact) mass is 339 g/mol. The molecule has 0 aromatic heterocycles. The van der Waals surface area contributed by atoms with Crippen LogP contribution < -0.4 is 4.72 Å². The summed E-state index contributed by atoms with van der Waals surface area (Å²) < 4.78 is 32.0. The molecule has 18 heavy (non-hydrogen) atoms. The highest BCUT2D eigenvalue weighted by atomic mass is 79.9. The normalized spacial score (nSPS) is 33.1. The maximum Gasteiger partial charge on any atom is 0.214 e. The standard InChI is InChI=1S/C12H22BrNO3S/c13-7-10-3-1-4-11(10)8-14-18(15,16)9-12-5-2-6-17-12/h10-12,14H,1-9H2. The van der Waals surface area contributed by atoms with E-state index in [4.69, 9.17) is 4.74 Å². The van der Waals surface area contributed by atoms with Gasteiger partial charge in [0.25, 0.3) is 0 Å². The zero-order chi connectivity index (χ0) is 13.0. The van der Waals surface area contributed by atoms with Gasteiger partial charge in [0.1, 0.15) is 0 Å². The van der Waals surface area contributed by atoms with Gasteiger partial charge in [-0.2, -0.15) is 0 Å². The zero-order valence-electron chi connectivity index (χ0n) is 10.6. The number of rotatable bonds is 6. The van der Waals surface area contributed by atoms with E-state index >= 15 is 0 Å². The number of halogens is 1. The number of ether oxygens (including phenoxy) is 1. The summed E-state index contributed by atoms with van der Waals surface area (Å²) in [6.07, 6.45) is 5.32. The first-order chi connectivity index (χ1) is 8.61. The van der Waals surface area contributed by atoms with Gasteiger partial charge >= 0.3 is 0 Å². The minimum atomic E-state index is -3.17. The van der Waals surface area contributed by atoms with Crippen LogP contribution in [0.5, 0.6) is 0 Å². The molecule has 2 fully saturated rings. The second-order valence-corrected chi connectivity index (χ2v) is 7.87. The Morgan fingerprint density at radius 2 is 1.94 bits per heavy atom. The first kappa shape index (κ1) is 14.8. The molecule has 0 radical (unpaired) electrons. The van der Waals surface area contributed by atoms with Crippen molar-refractivity contribution in [1.82, 2.24) is 4.72 Å². The van der Waals surface area contributed by atoms with Crippen LogP contribution in [0.4, 0.5) is 0 Å². The molecule has 1 saturated heterocycles. The first-order valence-corrected chi connectivity index (χ1v) is 9.53. The van der Waals surface area contributed by atoms with E-state index in [0.717, 1.165) is 24.6 Å². The lowest BCUT2D eigenvalue weighted by Gasteiger charge is -2.18. The van der Waals surface area contributed by atoms with Crippen molar-refractivity contribution in [2.75, 3.05) is 24.2 Å². The van der Waals surface area contributed by atoms with Gasteiger partial charge in [0.15, 0.2) is 0 Å². The quantitative estimate of drug-likeness (QED) is 0.752. The summed E-state index contributed by atoms with van der Waals surface area (Å²) >= 11 is 3.51. The summed E-state index contributed by atoms with van der Waals surface area (Å²) in [6, 6.07) is 0. The Kier molecular flexibility index (Phi) is 5.47. The molecule has 6 heteroatoms. The van der Waals surface area contributed by atoms with Crippen LogP contribution in [0.3, 0.4) is 0 Å². The molecule has 1 N–H and O–H groups in total. The molecule has 2 aliphatic rings. The maximum atomic E-state index is 11.9. The van der Waals surface area contributed by atoms with Crippen molar-refractivity contribution in [1.29, 1.82) is 0 Å². The van der Waals surface area contributed by atoms with Crippen LogP contribution in [0.15, 0.2) is 0 Å². The van der Waals surface area contributed by atoms with Crippen LogP contribution >= 0.6 is 15.9 Å². The van der Waals surface area contributed by atoms with Crippen LogP contribution in [0, 0.1) is 11.8 Å². The highest BCUT2D eigenvalue weighted by Gasteiger charge is 2.28. The largest absolute Gasteiger partial charge is 0.377 e. The molecule has 0 bridgehead atoms. The minimum absolute atomic E-state index is 0.0990. The summed E-state index contributed by atoms with van der Waals surface area (Å²) in [5, 5.41) is 0.977. The molecule has 4 nitrogen and oxygen atoms in total. The van der Waals surface area contributed by atoms with Crippen LogP contribution in [0.1, 0.15) is 32.1 Å². The third-order valence-corrected chi connectivity index (χ3v) is 6.26. The van der Waals surface area contributed by atoms with Gasteiger partial charge in [-0.1, -0.05) is 22.4 Å². The Morgan fingerprint density at radius 3 is 2.61 bits per heavy atom. The van der Waals surface area contributed by atoms with E-state index in [9.17, 15) is 8.42 Å². The third kappa shape index (κ3) is 4.18. The number of sulfonamides is 1. The lowest BCUT2D eigenvalue weighted by atomic mass is 9.99. The van der Waals surface area contributed by atoms with Crippen LogP contribution in [-0.2, 0) is 14.8 Å². The molecule has 0 aromatic carbocycles. The number of hydrogen-bond acceptors (Lipinski definition) is 3. The van der Waals surface area contributed by atoms with Crippen molar-refractivity contribution in [3.63, 3.8) is 0 Å². The molecule has 1 aliphatic heterocycles. The molecule has 0 amide bonds. The average molecular weight is 340 g/mol. The zero-order valence-corrected chi connectivity index (χ0v) is 13.0. The van der Waals surface area contributed by atoms with E-state index in [-0.39, 0.29) is 11.9 Å². The number of hydrogen-bond donors (Lipinski definition) is 1. The average Bonchev–Trinajstić information content (AvgIpc) is 2.96. The van der Waals surface area contributed by atoms with Crippen molar-refractivity contribution in [2.24, 2.45) is 11.8 Å². The highest BCUT2D eigenvalue weighted by molar-refractivity contribution is 9.09. The van der Waals surface area contributed by atoms with E-state index in [1.807, 2.05) is 0 Å². The SMILES string of the molecule is O=S(=O)(CC1CCCO1)NCC1CCCC1CBr. The lowest BCUT2D eigenvalue weighted by molar-refractivity contribution is 0.127. The molecule has 3 unspecified atom stereocenters. The second-order valence-electron chi connectivity index (χ2n) is 5.37. The van der Waals surface area contributed by atoms with Crippen molar-refractivity contribution in [3.05, 3.63) is 0 Å². The van der Waals surface area contributed by atoms with E-state index in [1.165, 1.54) is 12.8 Å². The van der Waals surface area contributed by atoms with Crippen molar-refractivity contribution in [2.45, 2.75) is 38.2 Å². The van der Waals surface area contributed by atoms with Crippen LogP contribution in [0.2, 0.25) is 0 Å². The van der Waals surface area contributed by atoms with Gasteiger partial charge in [-0.15, -0.1) is 0 Å². The van der Waals surface area contributed by atoms with Crippen LogP contribution in [-0.4, -0.2) is 38.8 Å². The van der Waals surface area contributed by atoms with Gasteiger partial charge in [0.2, 0.25) is 10.0 Å². The maximum absolute atomic E-state index is 11.9. The smallest absolute Gasteiger partial charge is 0.214 e. The Labute approximate surface area is 118 Å². The molecule has 1 aliphatic carbocycles. The topological polar surface area (TPSA) is 55.4 Å². The molecule has 1 saturated carbocycles. The van der Waals surface area contributed by atoms with Gasteiger partial charge in [0, 0.05) is 18.5 Å². The van der Waals surface area contributed by atoms with Gasteiger partial charge in [0.05, 0.1) is 11.9 Å². The lowest BCUT2D eigenvalue weighted by Crippen LogP contribution is -2.36. The van der Waals surface area contributed by atoms with Gasteiger partial charge in [-0.25, -0.2) is 13.1 Å². The Hall–Kier alpha value is 0.350. The molecule has 1 heterocycles. The Bertz CT molecular complexity index is 354. The van der Waals surface area contributed by atoms with Gasteiger partial charge in [-0.3, -0.25) is 0 Å². The fraction of sp³-hybridized carbons (Fsp3) is 1.00. The van der Waals surface area contributed by atoms with E-state index in [2.05, 4.69) is 20.7 Å². The van der Waals surface area contributed by atoms with Gasteiger partial charge < -0.3 is 4.74 Å². The summed E-state index contributed by atoms with van der Waals surface area (Å²) in [4.78, 5) is 0. The molecule has 0 spiro atoms. The number of nitrogens with one attached hydrogen (secondary N) is 1. The summed E-state index contributed by atoms with van der Waals surface area (Å²) in [6.45, 7) is 1.29. The Balaban J connectivity index is 1.77. The first-order valence-electron chi connectivity index (χ1n) is 6.75. The molecule has 2 rings (SSSR count). The van der Waals surface area contributed by atoms with E-state index < -0.39 is 10.0 Å². The molecule has 0 aromatic rings. The van der Waals surface area contributed by atoms with E-state index in [0.29, 0.717) is 25.0 Å². The fourth-order valence-electron chi connectivity index (χ4n) is 2.90. The molecular formula is C12H22BrNO3S. The third-order valence-electron chi connectivity index (χ3n) is 4.01. The minimum Gasteiger partial charge on any atom is -0.377 e. The number of alkyl halides is 1. The highest BCUT2D eigenvalue weighted by Crippen LogP contribution is 2.32. The summed E-state index contributed by atoms with van der Waals surface area (Å²) in [5.41, 5.74) is 0. The van der Waals surface area contributed by atoms with E-state index in [1.54, 1.807) is 0 Å². The van der Waals surface area contributed by atoms with Crippen LogP contribution in [0.25, 0.3) is 0 Å². The summed E-state index contributed by atoms with van der Waals surface area (Å²) in [7, 11) is -3.17. The van der Waals surface area contributed by atoms with Crippen molar-refractivity contribution in [3.8, 4) is 0 Å². The molecular weight excluding hydrogens is 318 g/mol. The van der Waals surface area contributed by atoms with Gasteiger partial charge in [-0.05, 0) is 37.5 Å².